The van der Waals surface area contributed by atoms with Crippen molar-refractivity contribution in [2.75, 3.05) is 6.54 Å². The van der Waals surface area contributed by atoms with Gasteiger partial charge in [-0.25, -0.2) is 14.2 Å². The van der Waals surface area contributed by atoms with Gasteiger partial charge in [-0.05, 0) is 30.5 Å². The molecule has 2 heterocycles. The van der Waals surface area contributed by atoms with Crippen molar-refractivity contribution >= 4 is 17.4 Å². The molecule has 1 saturated heterocycles. The molecule has 1 aliphatic rings. The maximum atomic E-state index is 13.5. The third kappa shape index (κ3) is 3.57. The summed E-state index contributed by atoms with van der Waals surface area (Å²) in [7, 11) is 0. The zero-order chi connectivity index (χ0) is 17.1. The van der Waals surface area contributed by atoms with Gasteiger partial charge in [-0.1, -0.05) is 19.1 Å². The number of carbonyl (C=O) groups is 1. The molecule has 1 aromatic heterocycles. The molecule has 1 fully saturated rings. The van der Waals surface area contributed by atoms with Crippen molar-refractivity contribution in [2.24, 2.45) is 0 Å². The van der Waals surface area contributed by atoms with Gasteiger partial charge in [0.25, 0.3) is 0 Å². The quantitative estimate of drug-likeness (QED) is 0.890. The number of benzene rings is 1. The number of nitrogens with zero attached hydrogens (tertiary/aromatic N) is 2. The molecule has 5 nitrogen and oxygen atoms in total. The van der Waals surface area contributed by atoms with E-state index in [9.17, 15) is 14.3 Å². The molecular formula is C17H20FN3O2S. The second-order valence-corrected chi connectivity index (χ2v) is 6.82. The van der Waals surface area contributed by atoms with E-state index in [2.05, 4.69) is 10.3 Å². The van der Waals surface area contributed by atoms with Crippen molar-refractivity contribution in [3.05, 3.63) is 52.2 Å². The van der Waals surface area contributed by atoms with Crippen LogP contribution in [0.15, 0.2) is 35.8 Å². The molecule has 2 amide bonds. The fourth-order valence-corrected chi connectivity index (χ4v) is 3.82. The molecule has 0 unspecified atom stereocenters. The van der Waals surface area contributed by atoms with Gasteiger partial charge in [-0.15, -0.1) is 11.3 Å². The molecule has 2 aromatic rings. The van der Waals surface area contributed by atoms with E-state index in [1.165, 1.54) is 23.5 Å². The minimum absolute atomic E-state index is 0.164. The van der Waals surface area contributed by atoms with Gasteiger partial charge in [0.2, 0.25) is 0 Å². The number of carbonyl (C=O) groups excluding carboxylic acids is 1. The molecule has 0 aliphatic carbocycles. The lowest BCUT2D eigenvalue weighted by Gasteiger charge is -2.27. The van der Waals surface area contributed by atoms with E-state index in [0.29, 0.717) is 12.0 Å². The van der Waals surface area contributed by atoms with Crippen molar-refractivity contribution in [1.29, 1.82) is 0 Å². The van der Waals surface area contributed by atoms with Crippen LogP contribution in [0, 0.1) is 5.82 Å². The highest BCUT2D eigenvalue weighted by Crippen LogP contribution is 2.33. The monoisotopic (exact) mass is 349 g/mol. The number of amides is 2. The second kappa shape index (κ2) is 7.27. The van der Waals surface area contributed by atoms with E-state index in [4.69, 9.17) is 0 Å². The Morgan fingerprint density at radius 2 is 2.42 bits per heavy atom. The third-order valence-corrected chi connectivity index (χ3v) is 5.12. The van der Waals surface area contributed by atoms with E-state index >= 15 is 0 Å². The standard InChI is InChI=1S/C17H20FN3O2S/c1-2-14(16-19-6-7-24-16)20-17(23)21-10-13(22)9-15(21)11-4-3-5-12(18)8-11/h3-8,13-15,22H,2,9-10H2,1H3,(H,20,23)/t13-,14+,15-/m1/s1. The Morgan fingerprint density at radius 1 is 1.58 bits per heavy atom. The van der Waals surface area contributed by atoms with E-state index < -0.39 is 6.10 Å². The summed E-state index contributed by atoms with van der Waals surface area (Å²) in [5.41, 5.74) is 0.698. The van der Waals surface area contributed by atoms with Gasteiger partial charge >= 0.3 is 6.03 Å². The number of thiazole rings is 1. The smallest absolute Gasteiger partial charge is 0.318 e. The highest BCUT2D eigenvalue weighted by molar-refractivity contribution is 7.09. The van der Waals surface area contributed by atoms with Crippen LogP contribution in [-0.2, 0) is 0 Å². The second-order valence-electron chi connectivity index (χ2n) is 5.89. The molecule has 1 aromatic carbocycles. The molecule has 3 atom stereocenters. The first-order valence-corrected chi connectivity index (χ1v) is 8.86. The van der Waals surface area contributed by atoms with Gasteiger partial charge in [0.1, 0.15) is 10.8 Å². The zero-order valence-electron chi connectivity index (χ0n) is 13.4. The van der Waals surface area contributed by atoms with Gasteiger partial charge in [0.15, 0.2) is 0 Å². The normalized spacial score (nSPS) is 21.7. The van der Waals surface area contributed by atoms with Crippen molar-refractivity contribution in [3.63, 3.8) is 0 Å². The van der Waals surface area contributed by atoms with Crippen LogP contribution in [0.5, 0.6) is 0 Å². The van der Waals surface area contributed by atoms with E-state index in [-0.39, 0.29) is 30.5 Å². The first-order chi connectivity index (χ1) is 11.6. The predicted octanol–water partition coefficient (Wildman–Crippen LogP) is 3.25. The summed E-state index contributed by atoms with van der Waals surface area (Å²) in [5, 5.41) is 15.7. The van der Waals surface area contributed by atoms with Crippen LogP contribution >= 0.6 is 11.3 Å². The summed E-state index contributed by atoms with van der Waals surface area (Å²) in [6.07, 6.45) is 2.23. The maximum Gasteiger partial charge on any atom is 0.318 e. The maximum absolute atomic E-state index is 13.5. The van der Waals surface area contributed by atoms with E-state index in [1.54, 1.807) is 23.2 Å². The Balaban J connectivity index is 1.77. The van der Waals surface area contributed by atoms with Gasteiger partial charge in [0, 0.05) is 18.1 Å². The molecular weight excluding hydrogens is 329 g/mol. The number of aliphatic hydroxyl groups excluding tert-OH is 1. The molecule has 1 aliphatic heterocycles. The lowest BCUT2D eigenvalue weighted by molar-refractivity contribution is 0.167. The third-order valence-electron chi connectivity index (χ3n) is 4.23. The topological polar surface area (TPSA) is 65.5 Å². The summed E-state index contributed by atoms with van der Waals surface area (Å²) in [4.78, 5) is 18.5. The van der Waals surface area contributed by atoms with Crippen molar-refractivity contribution in [3.8, 4) is 0 Å². The van der Waals surface area contributed by atoms with Crippen LogP contribution in [0.2, 0.25) is 0 Å². The average Bonchev–Trinajstić information content (AvgIpc) is 3.22. The lowest BCUT2D eigenvalue weighted by Crippen LogP contribution is -2.41. The Morgan fingerprint density at radius 3 is 3.08 bits per heavy atom. The van der Waals surface area contributed by atoms with Gasteiger partial charge in [-0.2, -0.15) is 0 Å². The number of nitrogens with one attached hydrogen (secondary N) is 1. The Kier molecular flexibility index (Phi) is 5.11. The molecule has 0 spiro atoms. The van der Waals surface area contributed by atoms with Gasteiger partial charge in [-0.3, -0.25) is 0 Å². The highest BCUT2D eigenvalue weighted by Gasteiger charge is 2.36. The summed E-state index contributed by atoms with van der Waals surface area (Å²) >= 11 is 1.50. The number of hydrogen-bond donors (Lipinski definition) is 2. The molecule has 128 valence electrons. The van der Waals surface area contributed by atoms with Crippen LogP contribution < -0.4 is 5.32 Å². The zero-order valence-corrected chi connectivity index (χ0v) is 14.2. The van der Waals surface area contributed by atoms with E-state index in [1.807, 2.05) is 12.3 Å². The molecule has 7 heteroatoms. The molecule has 0 radical (unpaired) electrons. The minimum atomic E-state index is -0.607. The first-order valence-electron chi connectivity index (χ1n) is 7.98. The summed E-state index contributed by atoms with van der Waals surface area (Å²) in [6, 6.07) is 5.44. The average molecular weight is 349 g/mol. The summed E-state index contributed by atoms with van der Waals surface area (Å²) < 4.78 is 13.5. The van der Waals surface area contributed by atoms with E-state index in [0.717, 1.165) is 11.4 Å². The number of hydrogen-bond acceptors (Lipinski definition) is 4. The molecule has 2 N–H and O–H groups in total. The highest BCUT2D eigenvalue weighted by atomic mass is 32.1. The number of β-amino-alcohol motifs (C(OH)–C–C–N with tert-alkyl or cyclic N) is 1. The Labute approximate surface area is 144 Å². The molecule has 0 bridgehead atoms. The number of aromatic nitrogens is 1. The summed E-state index contributed by atoms with van der Waals surface area (Å²) in [6.45, 7) is 2.22. The van der Waals surface area contributed by atoms with Crippen LogP contribution in [0.1, 0.15) is 42.4 Å². The summed E-state index contributed by atoms with van der Waals surface area (Å²) in [5.74, 6) is -0.344. The molecule has 0 saturated carbocycles. The van der Waals surface area contributed by atoms with Crippen molar-refractivity contribution in [1.82, 2.24) is 15.2 Å². The van der Waals surface area contributed by atoms with Gasteiger partial charge < -0.3 is 15.3 Å². The largest absolute Gasteiger partial charge is 0.391 e. The van der Waals surface area contributed by atoms with Crippen molar-refractivity contribution < 1.29 is 14.3 Å². The molecule has 3 rings (SSSR count). The lowest BCUT2D eigenvalue weighted by atomic mass is 10.0. The van der Waals surface area contributed by atoms with Crippen LogP contribution in [0.4, 0.5) is 9.18 Å². The Bertz CT molecular complexity index is 695. The predicted molar refractivity (Wildman–Crippen MR) is 90.1 cm³/mol. The number of rotatable bonds is 4. The number of halogens is 1. The van der Waals surface area contributed by atoms with Crippen molar-refractivity contribution in [2.45, 2.75) is 38.0 Å². The number of aliphatic hydroxyl groups is 1. The fraction of sp³-hybridized carbons (Fsp3) is 0.412. The minimum Gasteiger partial charge on any atom is -0.391 e. The first kappa shape index (κ1) is 16.9. The van der Waals surface area contributed by atoms with Crippen LogP contribution in [0.25, 0.3) is 0 Å². The number of urea groups is 1. The Hall–Kier alpha value is -1.99. The number of likely N-dealkylation sites (tertiary alicyclic amines) is 1. The molecule has 24 heavy (non-hydrogen) atoms. The SMILES string of the molecule is CC[C@H](NC(=O)N1C[C@H](O)C[C@@H]1c1cccc(F)c1)c1nccs1. The fourth-order valence-electron chi connectivity index (χ4n) is 3.05. The van der Waals surface area contributed by atoms with Gasteiger partial charge in [0.05, 0.1) is 18.2 Å². The van der Waals surface area contributed by atoms with Crippen LogP contribution in [0.3, 0.4) is 0 Å². The van der Waals surface area contributed by atoms with Crippen LogP contribution in [-0.4, -0.2) is 33.7 Å².